The molecule has 2 fully saturated rings. The second kappa shape index (κ2) is 9.09. The van der Waals surface area contributed by atoms with Crippen molar-refractivity contribution in [1.82, 2.24) is 0 Å². The average Bonchev–Trinajstić information content (AvgIpc) is 3.15. The van der Waals surface area contributed by atoms with Crippen molar-refractivity contribution in [1.29, 1.82) is 0 Å². The zero-order valence-corrected chi connectivity index (χ0v) is 20.4. The van der Waals surface area contributed by atoms with Crippen LogP contribution in [0.1, 0.15) is 88.7 Å². The van der Waals surface area contributed by atoms with Crippen LogP contribution in [0.25, 0.3) is 0 Å². The summed E-state index contributed by atoms with van der Waals surface area (Å²) < 4.78 is 6.28. The number of carbonyl (C=O) groups is 1. The molecule has 5 rings (SSSR count). The zero-order valence-electron chi connectivity index (χ0n) is 20.4. The Morgan fingerprint density at radius 1 is 1.15 bits per heavy atom. The summed E-state index contributed by atoms with van der Waals surface area (Å²) in [5.74, 6) is 0.168. The quantitative estimate of drug-likeness (QED) is 0.238. The van der Waals surface area contributed by atoms with Crippen molar-refractivity contribution in [3.8, 4) is 0 Å². The minimum absolute atomic E-state index is 0.183. The van der Waals surface area contributed by atoms with Gasteiger partial charge in [0.2, 0.25) is 0 Å². The standard InChI is InChI=1S/C29H37NO4/c1-3-15-34-29(32)14-13-26-24-11-9-21-16-22(31)10-12-23(21)27(24)25(17-28(26,29)4-2)20-7-5-19(6-8-20)18-30-33/h5-8,16,18,24-26,32-33H,3-4,9-15,17H2,1-2H3/t24-,25+,26-,28-,29+/m0/s1. The van der Waals surface area contributed by atoms with E-state index < -0.39 is 5.79 Å². The fraction of sp³-hybridized carbons (Fsp3) is 0.586. The lowest BCUT2D eigenvalue weighted by atomic mass is 9.51. The Morgan fingerprint density at radius 2 is 1.94 bits per heavy atom. The number of aliphatic hydroxyl groups is 1. The summed E-state index contributed by atoms with van der Waals surface area (Å²) in [6, 6.07) is 8.28. The molecule has 0 radical (unpaired) electrons. The second-order valence-corrected chi connectivity index (χ2v) is 10.7. The zero-order chi connectivity index (χ0) is 23.9. The Labute approximate surface area is 202 Å². The summed E-state index contributed by atoms with van der Waals surface area (Å²) in [6.07, 6.45) is 11.1. The highest BCUT2D eigenvalue weighted by Gasteiger charge is 2.65. The number of fused-ring (bicyclic) bond motifs is 4. The molecule has 0 aliphatic heterocycles. The molecule has 0 heterocycles. The topological polar surface area (TPSA) is 79.1 Å². The van der Waals surface area contributed by atoms with Crippen molar-refractivity contribution in [3.63, 3.8) is 0 Å². The largest absolute Gasteiger partial charge is 0.411 e. The van der Waals surface area contributed by atoms with Gasteiger partial charge in [0.25, 0.3) is 0 Å². The second-order valence-electron chi connectivity index (χ2n) is 10.7. The maximum Gasteiger partial charge on any atom is 0.171 e. The first-order chi connectivity index (χ1) is 16.5. The Bertz CT molecular complexity index is 1040. The minimum atomic E-state index is -1.08. The van der Waals surface area contributed by atoms with Gasteiger partial charge in [-0.2, -0.15) is 0 Å². The van der Waals surface area contributed by atoms with Crippen LogP contribution >= 0.6 is 0 Å². The van der Waals surface area contributed by atoms with Crippen LogP contribution in [-0.2, 0) is 9.53 Å². The minimum Gasteiger partial charge on any atom is -0.411 e. The molecule has 182 valence electrons. The molecule has 1 aromatic carbocycles. The van der Waals surface area contributed by atoms with Crippen molar-refractivity contribution >= 4 is 12.0 Å². The highest BCUT2D eigenvalue weighted by Crippen LogP contribution is 2.68. The van der Waals surface area contributed by atoms with Crippen molar-refractivity contribution in [3.05, 3.63) is 58.2 Å². The van der Waals surface area contributed by atoms with Crippen LogP contribution in [0.5, 0.6) is 0 Å². The lowest BCUT2D eigenvalue weighted by Gasteiger charge is -2.55. The van der Waals surface area contributed by atoms with Gasteiger partial charge < -0.3 is 15.1 Å². The molecule has 0 saturated heterocycles. The number of ketones is 1. The van der Waals surface area contributed by atoms with Gasteiger partial charge in [-0.25, -0.2) is 0 Å². The molecule has 5 nitrogen and oxygen atoms in total. The third-order valence-corrected chi connectivity index (χ3v) is 9.25. The number of benzene rings is 1. The summed E-state index contributed by atoms with van der Waals surface area (Å²) in [6.45, 7) is 4.90. The van der Waals surface area contributed by atoms with Crippen LogP contribution in [0, 0.1) is 17.3 Å². The van der Waals surface area contributed by atoms with Crippen LogP contribution in [0.15, 0.2) is 52.2 Å². The number of ether oxygens (including phenoxy) is 1. The molecule has 34 heavy (non-hydrogen) atoms. The smallest absolute Gasteiger partial charge is 0.171 e. The van der Waals surface area contributed by atoms with Gasteiger partial charge in [0, 0.05) is 30.8 Å². The Morgan fingerprint density at radius 3 is 2.65 bits per heavy atom. The molecular formula is C29H37NO4. The van der Waals surface area contributed by atoms with Crippen LogP contribution in [0.2, 0.25) is 0 Å². The molecule has 0 amide bonds. The van der Waals surface area contributed by atoms with E-state index in [0.717, 1.165) is 50.5 Å². The highest BCUT2D eigenvalue weighted by atomic mass is 16.6. The van der Waals surface area contributed by atoms with Gasteiger partial charge >= 0.3 is 0 Å². The molecule has 4 aliphatic carbocycles. The predicted octanol–water partition coefficient (Wildman–Crippen LogP) is 5.90. The van der Waals surface area contributed by atoms with Crippen LogP contribution in [-0.4, -0.2) is 34.7 Å². The van der Waals surface area contributed by atoms with Crippen molar-refractivity contribution in [2.24, 2.45) is 22.4 Å². The molecule has 0 bridgehead atoms. The van der Waals surface area contributed by atoms with E-state index in [9.17, 15) is 9.90 Å². The molecule has 2 saturated carbocycles. The van der Waals surface area contributed by atoms with E-state index >= 15 is 0 Å². The van der Waals surface area contributed by atoms with E-state index in [1.165, 1.54) is 28.5 Å². The Kier molecular flexibility index (Phi) is 6.28. The van der Waals surface area contributed by atoms with E-state index in [1.54, 1.807) is 0 Å². The normalized spacial score (nSPS) is 35.2. The number of hydrogen-bond acceptors (Lipinski definition) is 5. The predicted molar refractivity (Wildman–Crippen MR) is 132 cm³/mol. The van der Waals surface area contributed by atoms with Crippen molar-refractivity contribution < 1.29 is 19.8 Å². The maximum absolute atomic E-state index is 12.2. The number of rotatable bonds is 6. The van der Waals surface area contributed by atoms with Crippen molar-refractivity contribution in [2.75, 3.05) is 6.61 Å². The molecule has 0 unspecified atom stereocenters. The third-order valence-electron chi connectivity index (χ3n) is 9.25. The highest BCUT2D eigenvalue weighted by molar-refractivity contribution is 5.93. The summed E-state index contributed by atoms with van der Waals surface area (Å²) in [5.41, 5.74) is 5.99. The van der Waals surface area contributed by atoms with Gasteiger partial charge in [0.05, 0.1) is 6.21 Å². The lowest BCUT2D eigenvalue weighted by molar-refractivity contribution is -0.276. The number of allylic oxidation sites excluding steroid dienone is 4. The van der Waals surface area contributed by atoms with Gasteiger partial charge in [-0.3, -0.25) is 4.79 Å². The van der Waals surface area contributed by atoms with Crippen molar-refractivity contribution in [2.45, 2.75) is 83.3 Å². The van der Waals surface area contributed by atoms with E-state index in [4.69, 9.17) is 9.94 Å². The molecule has 5 heteroatoms. The van der Waals surface area contributed by atoms with Crippen LogP contribution in [0.4, 0.5) is 0 Å². The van der Waals surface area contributed by atoms with Crippen LogP contribution in [0.3, 0.4) is 0 Å². The average molecular weight is 464 g/mol. The first-order valence-corrected chi connectivity index (χ1v) is 13.1. The van der Waals surface area contributed by atoms with Gasteiger partial charge in [-0.1, -0.05) is 48.8 Å². The van der Waals surface area contributed by atoms with E-state index in [0.29, 0.717) is 31.3 Å². The lowest BCUT2D eigenvalue weighted by Crippen LogP contribution is -2.54. The Balaban J connectivity index is 1.65. The van der Waals surface area contributed by atoms with Crippen LogP contribution < -0.4 is 0 Å². The molecule has 1 aromatic rings. The number of carbonyl (C=O) groups excluding carboxylic acids is 1. The number of hydrogen-bond donors (Lipinski definition) is 2. The fourth-order valence-electron chi connectivity index (χ4n) is 7.78. The summed E-state index contributed by atoms with van der Waals surface area (Å²) in [5, 5.41) is 24.1. The number of oxime groups is 1. The van der Waals surface area contributed by atoms with Gasteiger partial charge in [0.15, 0.2) is 11.6 Å². The van der Waals surface area contributed by atoms with E-state index in [1.807, 2.05) is 18.2 Å². The number of nitrogens with zero attached hydrogens (tertiary/aromatic N) is 1. The SMILES string of the molecule is CCCO[C@]1(O)CC[C@H]2[C@@H]3CCC4=CC(=O)CCC4=C3[C@@H](c3ccc(C=NO)cc3)C[C@@]21CC. The fourth-order valence-corrected chi connectivity index (χ4v) is 7.78. The van der Waals surface area contributed by atoms with E-state index in [2.05, 4.69) is 31.1 Å². The molecule has 0 aromatic heterocycles. The molecule has 4 aliphatic rings. The first kappa shape index (κ1) is 23.5. The summed E-state index contributed by atoms with van der Waals surface area (Å²) >= 11 is 0. The van der Waals surface area contributed by atoms with Gasteiger partial charge in [0.1, 0.15) is 0 Å². The maximum atomic E-state index is 12.2. The van der Waals surface area contributed by atoms with Gasteiger partial charge in [-0.05, 0) is 85.1 Å². The summed E-state index contributed by atoms with van der Waals surface area (Å²) in [4.78, 5) is 12.2. The Hall–Kier alpha value is -2.24. The molecule has 2 N–H and O–H groups in total. The molecule has 0 spiro atoms. The monoisotopic (exact) mass is 463 g/mol. The molecular weight excluding hydrogens is 426 g/mol. The van der Waals surface area contributed by atoms with Gasteiger partial charge in [-0.15, -0.1) is 0 Å². The summed E-state index contributed by atoms with van der Waals surface area (Å²) in [7, 11) is 0. The molecule has 5 atom stereocenters. The third kappa shape index (κ3) is 3.59. The first-order valence-electron chi connectivity index (χ1n) is 13.1. The van der Waals surface area contributed by atoms with E-state index in [-0.39, 0.29) is 17.1 Å².